The topological polar surface area (TPSA) is 50.8 Å². The number of benzene rings is 2. The molecule has 0 spiro atoms. The van der Waals surface area contributed by atoms with Gasteiger partial charge in [0.1, 0.15) is 17.4 Å². The normalized spacial score (nSPS) is 26.1. The molecule has 4 aromatic rings. The molecule has 4 nitrogen and oxygen atoms in total. The SMILES string of the molecule is CC(c1nc2cc(Cl)ccc2[nH]1)[C@H]1[C@@H]2C[C@H](Oc3ccnc4ccc(F)cc34)C[C@@H]21. The zero-order valence-electron chi connectivity index (χ0n) is 16.5. The van der Waals surface area contributed by atoms with Crippen molar-refractivity contribution in [2.24, 2.45) is 17.8 Å². The lowest BCUT2D eigenvalue weighted by atomic mass is 9.97. The number of nitrogens with zero attached hydrogens (tertiary/aromatic N) is 2. The number of H-pyrrole nitrogens is 1. The van der Waals surface area contributed by atoms with Gasteiger partial charge in [-0.1, -0.05) is 18.5 Å². The molecule has 0 radical (unpaired) electrons. The van der Waals surface area contributed by atoms with Crippen molar-refractivity contribution in [1.29, 1.82) is 0 Å². The summed E-state index contributed by atoms with van der Waals surface area (Å²) in [4.78, 5) is 12.6. The van der Waals surface area contributed by atoms with Gasteiger partial charge in [0.2, 0.25) is 0 Å². The maximum Gasteiger partial charge on any atom is 0.130 e. The maximum absolute atomic E-state index is 13.7. The molecule has 2 aliphatic carbocycles. The second kappa shape index (κ2) is 6.67. The third-order valence-corrected chi connectivity index (χ3v) is 7.13. The van der Waals surface area contributed by atoms with Gasteiger partial charge in [-0.3, -0.25) is 4.98 Å². The largest absolute Gasteiger partial charge is 0.490 e. The molecule has 0 aliphatic heterocycles. The molecule has 0 saturated heterocycles. The average Bonchev–Trinajstić information content (AvgIpc) is 3.06. The molecule has 2 aliphatic rings. The summed E-state index contributed by atoms with van der Waals surface area (Å²) >= 11 is 6.10. The summed E-state index contributed by atoms with van der Waals surface area (Å²) in [5, 5.41) is 1.45. The predicted molar refractivity (Wildman–Crippen MR) is 115 cm³/mol. The van der Waals surface area contributed by atoms with Crippen molar-refractivity contribution in [3.05, 3.63) is 65.3 Å². The van der Waals surface area contributed by atoms with Gasteiger partial charge in [-0.2, -0.15) is 0 Å². The molecule has 2 aromatic heterocycles. The highest BCUT2D eigenvalue weighted by Crippen LogP contribution is 2.63. The van der Waals surface area contributed by atoms with Gasteiger partial charge in [0, 0.05) is 22.5 Å². The van der Waals surface area contributed by atoms with Crippen LogP contribution in [0.5, 0.6) is 5.75 Å². The van der Waals surface area contributed by atoms with Crippen LogP contribution in [0.25, 0.3) is 21.9 Å². The summed E-state index contributed by atoms with van der Waals surface area (Å²) < 4.78 is 20.0. The third kappa shape index (κ3) is 2.95. The van der Waals surface area contributed by atoms with Crippen LogP contribution in [0.15, 0.2) is 48.7 Å². The molecule has 6 heteroatoms. The van der Waals surface area contributed by atoms with Crippen molar-refractivity contribution < 1.29 is 9.13 Å². The molecular weight excluding hydrogens is 401 g/mol. The summed E-state index contributed by atoms with van der Waals surface area (Å²) in [6, 6.07) is 12.3. The van der Waals surface area contributed by atoms with Crippen LogP contribution < -0.4 is 4.74 Å². The van der Waals surface area contributed by atoms with E-state index in [4.69, 9.17) is 21.3 Å². The van der Waals surface area contributed by atoms with Gasteiger partial charge < -0.3 is 9.72 Å². The molecule has 0 bridgehead atoms. The van der Waals surface area contributed by atoms with Gasteiger partial charge in [0.25, 0.3) is 0 Å². The first-order valence-corrected chi connectivity index (χ1v) is 10.8. The van der Waals surface area contributed by atoms with Gasteiger partial charge in [0.05, 0.1) is 22.7 Å². The number of hydrogen-bond donors (Lipinski definition) is 1. The maximum atomic E-state index is 13.7. The van der Waals surface area contributed by atoms with Crippen LogP contribution >= 0.6 is 11.6 Å². The van der Waals surface area contributed by atoms with Crippen LogP contribution in [0.3, 0.4) is 0 Å². The van der Waals surface area contributed by atoms with Gasteiger partial charge in [-0.25, -0.2) is 9.37 Å². The van der Waals surface area contributed by atoms with E-state index in [0.717, 1.165) is 46.4 Å². The minimum absolute atomic E-state index is 0.173. The zero-order valence-corrected chi connectivity index (χ0v) is 17.2. The number of hydrogen-bond acceptors (Lipinski definition) is 3. The summed E-state index contributed by atoms with van der Waals surface area (Å²) in [5.41, 5.74) is 2.71. The minimum Gasteiger partial charge on any atom is -0.490 e. The highest BCUT2D eigenvalue weighted by atomic mass is 35.5. The summed E-state index contributed by atoms with van der Waals surface area (Å²) in [6.07, 6.45) is 3.96. The first-order valence-electron chi connectivity index (χ1n) is 10.4. The van der Waals surface area contributed by atoms with E-state index in [0.29, 0.717) is 28.7 Å². The van der Waals surface area contributed by atoms with E-state index in [2.05, 4.69) is 16.9 Å². The van der Waals surface area contributed by atoms with E-state index in [-0.39, 0.29) is 11.9 Å². The van der Waals surface area contributed by atoms with Crippen molar-refractivity contribution in [2.75, 3.05) is 0 Å². The number of imidazole rings is 1. The summed E-state index contributed by atoms with van der Waals surface area (Å²) in [6.45, 7) is 2.26. The van der Waals surface area contributed by atoms with Gasteiger partial charge >= 0.3 is 0 Å². The van der Waals surface area contributed by atoms with Crippen molar-refractivity contribution in [2.45, 2.75) is 31.8 Å². The second-order valence-electron chi connectivity index (χ2n) is 8.66. The molecule has 2 heterocycles. The van der Waals surface area contributed by atoms with E-state index in [1.54, 1.807) is 12.3 Å². The zero-order chi connectivity index (χ0) is 20.4. The van der Waals surface area contributed by atoms with Crippen LogP contribution in [0.2, 0.25) is 5.02 Å². The Morgan fingerprint density at radius 1 is 1.10 bits per heavy atom. The van der Waals surface area contributed by atoms with Gasteiger partial charge in [-0.15, -0.1) is 0 Å². The van der Waals surface area contributed by atoms with Crippen LogP contribution in [0, 0.1) is 23.6 Å². The van der Waals surface area contributed by atoms with Crippen LogP contribution in [0.1, 0.15) is 31.5 Å². The first-order chi connectivity index (χ1) is 14.6. The van der Waals surface area contributed by atoms with Crippen LogP contribution in [0.4, 0.5) is 4.39 Å². The molecule has 2 saturated carbocycles. The van der Waals surface area contributed by atoms with Crippen molar-refractivity contribution >= 4 is 33.5 Å². The Hall–Kier alpha value is -2.66. The molecular formula is C24H21ClFN3O. The molecule has 30 heavy (non-hydrogen) atoms. The molecule has 0 amide bonds. The standard InChI is InChI=1S/C24H21ClFN3O/c1-12(24-28-20-4-2-13(25)8-21(20)29-24)23-16-10-15(11-17(16)23)30-22-6-7-27-19-5-3-14(26)9-18(19)22/h2-9,12,15-17,23H,10-11H2,1H3,(H,28,29)/t12?,15-,16+,17-,23-. The number of ether oxygens (including phenoxy) is 1. The quantitative estimate of drug-likeness (QED) is 0.432. The van der Waals surface area contributed by atoms with E-state index in [9.17, 15) is 4.39 Å². The average molecular weight is 422 g/mol. The fourth-order valence-electron chi connectivity index (χ4n) is 5.45. The second-order valence-corrected chi connectivity index (χ2v) is 9.10. The van der Waals surface area contributed by atoms with E-state index >= 15 is 0 Å². The highest BCUT2D eigenvalue weighted by Gasteiger charge is 2.59. The summed E-state index contributed by atoms with van der Waals surface area (Å²) in [5.74, 6) is 3.83. The third-order valence-electron chi connectivity index (χ3n) is 6.90. The van der Waals surface area contributed by atoms with Crippen molar-refractivity contribution in [3.8, 4) is 5.75 Å². The fraction of sp³-hybridized carbons (Fsp3) is 0.333. The number of pyridine rings is 1. The first kappa shape index (κ1) is 18.1. The highest BCUT2D eigenvalue weighted by molar-refractivity contribution is 6.31. The Kier molecular flexibility index (Phi) is 4.03. The molecule has 2 fully saturated rings. The fourth-order valence-corrected chi connectivity index (χ4v) is 5.62. The van der Waals surface area contributed by atoms with E-state index in [1.807, 2.05) is 24.3 Å². The monoisotopic (exact) mass is 421 g/mol. The Balaban J connectivity index is 1.16. The van der Waals surface area contributed by atoms with Crippen LogP contribution in [-0.4, -0.2) is 21.1 Å². The van der Waals surface area contributed by atoms with Gasteiger partial charge in [0.15, 0.2) is 0 Å². The van der Waals surface area contributed by atoms with Gasteiger partial charge in [-0.05, 0) is 73.1 Å². The van der Waals surface area contributed by atoms with E-state index in [1.165, 1.54) is 12.1 Å². The lowest BCUT2D eigenvalue weighted by Gasteiger charge is -2.19. The summed E-state index contributed by atoms with van der Waals surface area (Å²) in [7, 11) is 0. The molecule has 1 N–H and O–H groups in total. The minimum atomic E-state index is -0.268. The number of aromatic nitrogens is 3. The number of rotatable bonds is 4. The lowest BCUT2D eigenvalue weighted by Crippen LogP contribution is -2.17. The lowest BCUT2D eigenvalue weighted by molar-refractivity contribution is 0.186. The van der Waals surface area contributed by atoms with Crippen molar-refractivity contribution in [1.82, 2.24) is 15.0 Å². The number of nitrogens with one attached hydrogen (secondary N) is 1. The number of fused-ring (bicyclic) bond motifs is 3. The molecule has 1 unspecified atom stereocenters. The van der Waals surface area contributed by atoms with E-state index < -0.39 is 0 Å². The Bertz CT molecular complexity index is 1260. The smallest absolute Gasteiger partial charge is 0.130 e. The Labute approximate surface area is 178 Å². The predicted octanol–water partition coefficient (Wildman–Crippen LogP) is 6.11. The van der Waals surface area contributed by atoms with Crippen LogP contribution in [-0.2, 0) is 0 Å². The van der Waals surface area contributed by atoms with Crippen molar-refractivity contribution in [3.63, 3.8) is 0 Å². The molecule has 2 aromatic carbocycles. The molecule has 152 valence electrons. The molecule has 5 atom stereocenters. The Morgan fingerprint density at radius 2 is 1.93 bits per heavy atom. The number of halogens is 2. The molecule has 6 rings (SSSR count). The number of aromatic amines is 1. The Morgan fingerprint density at radius 3 is 2.77 bits per heavy atom.